The maximum Gasteiger partial charge on any atom is 0.214 e. The minimum absolute atomic E-state index is 1.25. The molecule has 1 aromatic rings. The van der Waals surface area contributed by atoms with E-state index in [2.05, 4.69) is 17.1 Å². The van der Waals surface area contributed by atoms with Gasteiger partial charge in [0.2, 0.25) is 9.12 Å². The molecule has 1 rings (SSSR count). The molecule has 10 heavy (non-hydrogen) atoms. The van der Waals surface area contributed by atoms with Gasteiger partial charge in [-0.3, -0.25) is 0 Å². The molecule has 0 aliphatic heterocycles. The SMILES string of the molecule is CN[SiH](N)c1ccccc1. The van der Waals surface area contributed by atoms with Gasteiger partial charge in [0.1, 0.15) is 0 Å². The predicted molar refractivity (Wildman–Crippen MR) is 46.5 cm³/mol. The van der Waals surface area contributed by atoms with E-state index in [1.165, 1.54) is 5.19 Å². The standard InChI is InChI=1S/C7H12N2Si/c1-9-10(8)7-5-3-2-4-6-7/h2-6,9-10H,8H2,1H3. The molecule has 0 bridgehead atoms. The van der Waals surface area contributed by atoms with Crippen molar-refractivity contribution in [3.05, 3.63) is 30.3 Å². The van der Waals surface area contributed by atoms with Crippen molar-refractivity contribution >= 4 is 14.3 Å². The fraction of sp³-hybridized carbons (Fsp3) is 0.143. The Bertz CT molecular complexity index is 188. The highest BCUT2D eigenvalue weighted by Gasteiger charge is 2.01. The van der Waals surface area contributed by atoms with Crippen molar-refractivity contribution in [2.75, 3.05) is 7.05 Å². The normalized spacial score (nSPS) is 13.0. The smallest absolute Gasteiger partial charge is 0.214 e. The van der Waals surface area contributed by atoms with E-state index in [9.17, 15) is 0 Å². The summed E-state index contributed by atoms with van der Waals surface area (Å²) in [5.41, 5.74) is 0. The maximum absolute atomic E-state index is 5.82. The predicted octanol–water partition coefficient (Wildman–Crippen LogP) is -0.708. The molecule has 0 amide bonds. The van der Waals surface area contributed by atoms with Crippen molar-refractivity contribution in [1.82, 2.24) is 4.98 Å². The molecule has 0 radical (unpaired) electrons. The lowest BCUT2D eigenvalue weighted by Gasteiger charge is -2.06. The zero-order chi connectivity index (χ0) is 7.40. The third kappa shape index (κ3) is 1.67. The van der Waals surface area contributed by atoms with Crippen LogP contribution in [0.4, 0.5) is 0 Å². The molecule has 0 aliphatic carbocycles. The molecular formula is C7H12N2Si. The Hall–Kier alpha value is -0.643. The van der Waals surface area contributed by atoms with E-state index >= 15 is 0 Å². The summed E-state index contributed by atoms with van der Waals surface area (Å²) < 4.78 is 0. The summed E-state index contributed by atoms with van der Waals surface area (Å²) in [6, 6.07) is 10.2. The fourth-order valence-corrected chi connectivity index (χ4v) is 1.80. The average molecular weight is 152 g/mol. The lowest BCUT2D eigenvalue weighted by Crippen LogP contribution is -2.50. The van der Waals surface area contributed by atoms with Gasteiger partial charge in [-0.2, -0.15) is 0 Å². The van der Waals surface area contributed by atoms with Gasteiger partial charge in [0.15, 0.2) is 0 Å². The summed E-state index contributed by atoms with van der Waals surface area (Å²) in [4.78, 5) is 3.10. The van der Waals surface area contributed by atoms with Crippen LogP contribution in [0.5, 0.6) is 0 Å². The van der Waals surface area contributed by atoms with Gasteiger partial charge >= 0.3 is 0 Å². The lowest BCUT2D eigenvalue weighted by molar-refractivity contribution is 1.21. The van der Waals surface area contributed by atoms with Crippen molar-refractivity contribution < 1.29 is 0 Å². The first-order valence-electron chi connectivity index (χ1n) is 3.32. The summed E-state index contributed by atoms with van der Waals surface area (Å²) in [7, 11) is 0.617. The molecule has 0 saturated carbocycles. The molecule has 3 heteroatoms. The highest BCUT2D eigenvalue weighted by Crippen LogP contribution is 1.81. The summed E-state index contributed by atoms with van der Waals surface area (Å²) in [6.07, 6.45) is 0. The van der Waals surface area contributed by atoms with E-state index in [4.69, 9.17) is 5.40 Å². The van der Waals surface area contributed by atoms with E-state index in [0.29, 0.717) is 0 Å². The third-order valence-corrected chi connectivity index (χ3v) is 3.19. The van der Waals surface area contributed by atoms with Gasteiger partial charge in [-0.05, 0) is 12.2 Å². The number of nitrogens with two attached hydrogens (primary N) is 1. The van der Waals surface area contributed by atoms with Crippen LogP contribution in [0, 0.1) is 0 Å². The summed E-state index contributed by atoms with van der Waals surface area (Å²) in [5, 5.41) is 7.08. The van der Waals surface area contributed by atoms with Crippen molar-refractivity contribution in [3.8, 4) is 0 Å². The van der Waals surface area contributed by atoms with Gasteiger partial charge < -0.3 is 10.4 Å². The molecule has 54 valence electrons. The monoisotopic (exact) mass is 152 g/mol. The number of hydrogen-bond acceptors (Lipinski definition) is 2. The fourth-order valence-electron chi connectivity index (χ4n) is 0.827. The van der Waals surface area contributed by atoms with Crippen LogP contribution >= 0.6 is 0 Å². The van der Waals surface area contributed by atoms with Crippen molar-refractivity contribution in [1.29, 1.82) is 0 Å². The van der Waals surface area contributed by atoms with Crippen LogP contribution in [-0.4, -0.2) is 16.2 Å². The minimum atomic E-state index is -1.29. The molecule has 3 N–H and O–H groups in total. The number of benzene rings is 1. The number of nitrogens with one attached hydrogen (secondary N) is 1. The Balaban J connectivity index is 2.75. The zero-order valence-electron chi connectivity index (χ0n) is 6.04. The van der Waals surface area contributed by atoms with Crippen LogP contribution in [0.2, 0.25) is 0 Å². The Morgan fingerprint density at radius 2 is 1.90 bits per heavy atom. The van der Waals surface area contributed by atoms with Crippen LogP contribution in [0.3, 0.4) is 0 Å². The highest BCUT2D eigenvalue weighted by atomic mass is 28.3. The van der Waals surface area contributed by atoms with Crippen molar-refractivity contribution in [2.24, 2.45) is 5.40 Å². The van der Waals surface area contributed by atoms with Gasteiger partial charge in [0, 0.05) is 0 Å². The van der Waals surface area contributed by atoms with E-state index in [0.717, 1.165) is 0 Å². The summed E-state index contributed by atoms with van der Waals surface area (Å²) in [5.74, 6) is 0. The molecule has 0 fully saturated rings. The minimum Gasteiger partial charge on any atom is -0.338 e. The summed E-state index contributed by atoms with van der Waals surface area (Å²) >= 11 is 0. The largest absolute Gasteiger partial charge is 0.338 e. The molecule has 0 aromatic heterocycles. The van der Waals surface area contributed by atoms with E-state index in [1.54, 1.807) is 0 Å². The average Bonchev–Trinajstić information content (AvgIpc) is 2.05. The second kappa shape index (κ2) is 3.51. The first-order valence-corrected chi connectivity index (χ1v) is 5.14. The van der Waals surface area contributed by atoms with Crippen LogP contribution in [0.15, 0.2) is 30.3 Å². The Morgan fingerprint density at radius 3 is 2.40 bits per heavy atom. The molecule has 0 spiro atoms. The van der Waals surface area contributed by atoms with Gasteiger partial charge in [-0.1, -0.05) is 30.3 Å². The second-order valence-corrected chi connectivity index (χ2v) is 4.38. The van der Waals surface area contributed by atoms with Crippen molar-refractivity contribution in [2.45, 2.75) is 0 Å². The van der Waals surface area contributed by atoms with Crippen LogP contribution in [0.25, 0.3) is 0 Å². The molecule has 1 unspecified atom stereocenters. The topological polar surface area (TPSA) is 38.0 Å². The van der Waals surface area contributed by atoms with Crippen LogP contribution in [0.1, 0.15) is 0 Å². The Kier molecular flexibility index (Phi) is 2.62. The van der Waals surface area contributed by atoms with Crippen LogP contribution in [-0.2, 0) is 0 Å². The van der Waals surface area contributed by atoms with Gasteiger partial charge in [-0.25, -0.2) is 0 Å². The van der Waals surface area contributed by atoms with E-state index < -0.39 is 9.12 Å². The quantitative estimate of drug-likeness (QED) is 0.550. The second-order valence-electron chi connectivity index (χ2n) is 2.18. The van der Waals surface area contributed by atoms with Crippen LogP contribution < -0.4 is 15.6 Å². The molecular weight excluding hydrogens is 140 g/mol. The molecule has 0 saturated heterocycles. The molecule has 2 nitrogen and oxygen atoms in total. The first kappa shape index (κ1) is 7.46. The van der Waals surface area contributed by atoms with Gasteiger partial charge in [0.25, 0.3) is 0 Å². The zero-order valence-corrected chi connectivity index (χ0v) is 7.20. The van der Waals surface area contributed by atoms with Crippen molar-refractivity contribution in [3.63, 3.8) is 0 Å². The van der Waals surface area contributed by atoms with E-state index in [-0.39, 0.29) is 0 Å². The molecule has 1 aromatic carbocycles. The summed E-state index contributed by atoms with van der Waals surface area (Å²) in [6.45, 7) is 0. The first-order chi connectivity index (χ1) is 4.84. The number of hydrogen-bond donors (Lipinski definition) is 2. The van der Waals surface area contributed by atoms with E-state index in [1.807, 2.05) is 25.2 Å². The molecule has 0 heterocycles. The van der Waals surface area contributed by atoms with Gasteiger partial charge in [-0.15, -0.1) is 0 Å². The van der Waals surface area contributed by atoms with Gasteiger partial charge in [0.05, 0.1) is 0 Å². The number of rotatable bonds is 2. The highest BCUT2D eigenvalue weighted by molar-refractivity contribution is 6.67. The molecule has 1 atom stereocenters. The lowest BCUT2D eigenvalue weighted by atomic mass is 10.4. The maximum atomic E-state index is 5.82. The third-order valence-electron chi connectivity index (χ3n) is 1.47. The Morgan fingerprint density at radius 1 is 1.30 bits per heavy atom. The molecule has 0 aliphatic rings. The Labute approximate surface area is 62.8 Å².